The summed E-state index contributed by atoms with van der Waals surface area (Å²) in [5.41, 5.74) is 0.766. The van der Waals surface area contributed by atoms with Crippen molar-refractivity contribution in [3.63, 3.8) is 0 Å². The number of hydrogen-bond acceptors (Lipinski definition) is 7. The molecule has 1 unspecified atom stereocenters. The van der Waals surface area contributed by atoms with Crippen molar-refractivity contribution in [1.82, 2.24) is 15.1 Å². The van der Waals surface area contributed by atoms with Gasteiger partial charge in [0.15, 0.2) is 4.34 Å². The Bertz CT molecular complexity index is 843. The van der Waals surface area contributed by atoms with Crippen LogP contribution in [-0.4, -0.2) is 52.6 Å². The lowest BCUT2D eigenvalue weighted by molar-refractivity contribution is -0.164. The number of alkyl halides is 3. The quantitative estimate of drug-likeness (QED) is 0.569. The van der Waals surface area contributed by atoms with Crippen LogP contribution >= 0.6 is 23.1 Å². The second kappa shape index (κ2) is 9.21. The standard InChI is InChI=1S/C18H21F3N4O2S2/c1-11(12-6-7-12)25(10-18(19,20)21)15(26)9-28-17-24-23-16(29-17)22-13-4-3-5-14(8-13)27-2/h3-5,8,11-12H,6-7,9-10H2,1-2H3,(H,22,23). The molecule has 1 saturated carbocycles. The summed E-state index contributed by atoms with van der Waals surface area (Å²) in [6.07, 6.45) is -2.68. The number of methoxy groups -OCH3 is 1. The fraction of sp³-hybridized carbons (Fsp3) is 0.500. The number of hydrogen-bond donors (Lipinski definition) is 1. The monoisotopic (exact) mass is 446 g/mol. The number of nitrogens with one attached hydrogen (secondary N) is 1. The van der Waals surface area contributed by atoms with Crippen LogP contribution < -0.4 is 10.1 Å². The Balaban J connectivity index is 1.57. The molecule has 1 aromatic carbocycles. The van der Waals surface area contributed by atoms with E-state index in [1.165, 1.54) is 11.3 Å². The van der Waals surface area contributed by atoms with Crippen LogP contribution in [0.25, 0.3) is 0 Å². The third-order valence-corrected chi connectivity index (χ3v) is 6.47. The molecule has 1 amide bonds. The molecule has 2 aromatic rings. The van der Waals surface area contributed by atoms with Gasteiger partial charge in [0.1, 0.15) is 12.3 Å². The minimum absolute atomic E-state index is 0.110. The summed E-state index contributed by atoms with van der Waals surface area (Å²) in [6, 6.07) is 6.87. The van der Waals surface area contributed by atoms with Crippen molar-refractivity contribution >= 4 is 39.8 Å². The van der Waals surface area contributed by atoms with E-state index >= 15 is 0 Å². The molecule has 0 spiro atoms. The van der Waals surface area contributed by atoms with E-state index in [-0.39, 0.29) is 11.7 Å². The molecule has 1 aliphatic carbocycles. The normalized spacial score (nSPS) is 15.1. The van der Waals surface area contributed by atoms with Gasteiger partial charge < -0.3 is 15.0 Å². The lowest BCUT2D eigenvalue weighted by Crippen LogP contribution is -2.46. The van der Waals surface area contributed by atoms with Crippen molar-refractivity contribution in [2.75, 3.05) is 24.7 Å². The number of nitrogens with zero attached hydrogens (tertiary/aromatic N) is 3. The molecule has 1 fully saturated rings. The first kappa shape index (κ1) is 21.7. The van der Waals surface area contributed by atoms with Crippen LogP contribution in [0.5, 0.6) is 5.75 Å². The Morgan fingerprint density at radius 1 is 1.41 bits per heavy atom. The third-order valence-electron chi connectivity index (χ3n) is 4.51. The van der Waals surface area contributed by atoms with Crippen molar-refractivity contribution in [3.8, 4) is 5.75 Å². The highest BCUT2D eigenvalue weighted by atomic mass is 32.2. The summed E-state index contributed by atoms with van der Waals surface area (Å²) in [7, 11) is 1.57. The van der Waals surface area contributed by atoms with Crippen LogP contribution in [0.4, 0.5) is 24.0 Å². The van der Waals surface area contributed by atoms with Crippen molar-refractivity contribution in [3.05, 3.63) is 24.3 Å². The summed E-state index contributed by atoms with van der Waals surface area (Å²) in [4.78, 5) is 13.4. The topological polar surface area (TPSA) is 67.3 Å². The molecule has 3 rings (SSSR count). The molecule has 11 heteroatoms. The van der Waals surface area contributed by atoms with Gasteiger partial charge in [0.05, 0.1) is 12.9 Å². The van der Waals surface area contributed by atoms with Crippen LogP contribution in [-0.2, 0) is 4.79 Å². The second-order valence-corrected chi connectivity index (χ2v) is 8.93. The number of rotatable bonds is 9. The molecule has 158 valence electrons. The van der Waals surface area contributed by atoms with Crippen LogP contribution in [0.1, 0.15) is 19.8 Å². The number of thioether (sulfide) groups is 1. The van der Waals surface area contributed by atoms with E-state index in [0.29, 0.717) is 15.2 Å². The van der Waals surface area contributed by atoms with Gasteiger partial charge in [0, 0.05) is 17.8 Å². The zero-order valence-corrected chi connectivity index (χ0v) is 17.5. The predicted octanol–water partition coefficient (Wildman–Crippen LogP) is 4.57. The van der Waals surface area contributed by atoms with E-state index in [1.54, 1.807) is 20.1 Å². The highest BCUT2D eigenvalue weighted by Gasteiger charge is 2.40. The first-order chi connectivity index (χ1) is 13.7. The fourth-order valence-electron chi connectivity index (χ4n) is 2.83. The maximum absolute atomic E-state index is 12.9. The average molecular weight is 447 g/mol. The second-order valence-electron chi connectivity index (χ2n) is 6.73. The molecule has 1 aromatic heterocycles. The zero-order valence-electron chi connectivity index (χ0n) is 15.9. The smallest absolute Gasteiger partial charge is 0.406 e. The van der Waals surface area contributed by atoms with Gasteiger partial charge in [-0.05, 0) is 37.8 Å². The largest absolute Gasteiger partial charge is 0.497 e. The number of ether oxygens (including phenoxy) is 1. The van der Waals surface area contributed by atoms with Gasteiger partial charge in [-0.3, -0.25) is 4.79 Å². The Morgan fingerprint density at radius 3 is 2.83 bits per heavy atom. The van der Waals surface area contributed by atoms with Gasteiger partial charge in [-0.2, -0.15) is 13.2 Å². The number of halogens is 3. The predicted molar refractivity (Wildman–Crippen MR) is 107 cm³/mol. The van der Waals surface area contributed by atoms with Gasteiger partial charge in [0.25, 0.3) is 0 Å². The van der Waals surface area contributed by atoms with E-state index in [0.717, 1.165) is 35.2 Å². The van der Waals surface area contributed by atoms with E-state index < -0.39 is 24.7 Å². The molecule has 1 N–H and O–H groups in total. The number of anilines is 2. The summed E-state index contributed by atoms with van der Waals surface area (Å²) < 4.78 is 44.4. The van der Waals surface area contributed by atoms with Crippen LogP contribution in [0.3, 0.4) is 0 Å². The first-order valence-electron chi connectivity index (χ1n) is 8.99. The SMILES string of the molecule is COc1cccc(Nc2nnc(SCC(=O)N(CC(F)(F)F)C(C)C3CC3)s2)c1. The number of carbonyl (C=O) groups is 1. The molecular formula is C18H21F3N4O2S2. The summed E-state index contributed by atoms with van der Waals surface area (Å²) >= 11 is 2.32. The molecular weight excluding hydrogens is 425 g/mol. The van der Waals surface area contributed by atoms with Crippen molar-refractivity contribution in [2.24, 2.45) is 5.92 Å². The van der Waals surface area contributed by atoms with E-state index in [2.05, 4.69) is 15.5 Å². The summed E-state index contributed by atoms with van der Waals surface area (Å²) in [5.74, 6) is 0.200. The molecule has 6 nitrogen and oxygen atoms in total. The van der Waals surface area contributed by atoms with E-state index in [9.17, 15) is 18.0 Å². The van der Waals surface area contributed by atoms with Crippen molar-refractivity contribution in [2.45, 2.75) is 36.3 Å². The number of carbonyl (C=O) groups excluding carboxylic acids is 1. The Hall–Kier alpha value is -2.01. The molecule has 0 aliphatic heterocycles. The number of amides is 1. The molecule has 1 heterocycles. The maximum atomic E-state index is 12.9. The first-order valence-corrected chi connectivity index (χ1v) is 10.8. The van der Waals surface area contributed by atoms with Crippen molar-refractivity contribution in [1.29, 1.82) is 0 Å². The molecule has 1 atom stereocenters. The van der Waals surface area contributed by atoms with Crippen LogP contribution in [0, 0.1) is 5.92 Å². The van der Waals surface area contributed by atoms with Gasteiger partial charge in [-0.1, -0.05) is 29.2 Å². The highest BCUT2D eigenvalue weighted by Crippen LogP contribution is 2.37. The molecule has 1 aliphatic rings. The average Bonchev–Trinajstić information content (AvgIpc) is 3.43. The zero-order chi connectivity index (χ0) is 21.0. The Kier molecular flexibility index (Phi) is 6.89. The molecule has 29 heavy (non-hydrogen) atoms. The van der Waals surface area contributed by atoms with Crippen molar-refractivity contribution < 1.29 is 22.7 Å². The molecule has 0 radical (unpaired) electrons. The fourth-order valence-corrected chi connectivity index (χ4v) is 4.49. The Morgan fingerprint density at radius 2 is 2.17 bits per heavy atom. The Labute approximate surface area is 174 Å². The highest BCUT2D eigenvalue weighted by molar-refractivity contribution is 8.01. The van der Waals surface area contributed by atoms with Gasteiger partial charge >= 0.3 is 6.18 Å². The minimum Gasteiger partial charge on any atom is -0.497 e. The van der Waals surface area contributed by atoms with Gasteiger partial charge in [0.2, 0.25) is 11.0 Å². The van der Waals surface area contributed by atoms with E-state index in [1.807, 2.05) is 18.2 Å². The number of aromatic nitrogens is 2. The minimum atomic E-state index is -4.42. The summed E-state index contributed by atoms with van der Waals surface area (Å²) in [6.45, 7) is 0.468. The lowest BCUT2D eigenvalue weighted by Gasteiger charge is -2.30. The van der Waals surface area contributed by atoms with Crippen LogP contribution in [0.15, 0.2) is 28.6 Å². The third kappa shape index (κ3) is 6.49. The molecule has 0 saturated heterocycles. The molecule has 0 bridgehead atoms. The van der Waals surface area contributed by atoms with Gasteiger partial charge in [-0.25, -0.2) is 0 Å². The number of benzene rings is 1. The van der Waals surface area contributed by atoms with E-state index in [4.69, 9.17) is 4.74 Å². The van der Waals surface area contributed by atoms with Crippen LogP contribution in [0.2, 0.25) is 0 Å². The lowest BCUT2D eigenvalue weighted by atomic mass is 10.2. The van der Waals surface area contributed by atoms with Gasteiger partial charge in [-0.15, -0.1) is 10.2 Å². The summed E-state index contributed by atoms with van der Waals surface area (Å²) in [5, 5.41) is 11.6. The maximum Gasteiger partial charge on any atom is 0.406 e.